The lowest BCUT2D eigenvalue weighted by atomic mass is 10.1. The van der Waals surface area contributed by atoms with E-state index in [9.17, 15) is 22.8 Å². The minimum absolute atomic E-state index is 0.121. The predicted molar refractivity (Wildman–Crippen MR) is 105 cm³/mol. The first kappa shape index (κ1) is 22.6. The van der Waals surface area contributed by atoms with Crippen molar-refractivity contribution < 1.29 is 27.5 Å². The first-order valence-electron chi connectivity index (χ1n) is 8.87. The van der Waals surface area contributed by atoms with Crippen LogP contribution in [0.25, 0.3) is 0 Å². The molecule has 0 bridgehead atoms. The van der Waals surface area contributed by atoms with E-state index in [1.165, 1.54) is 11.8 Å². The van der Waals surface area contributed by atoms with E-state index in [2.05, 4.69) is 10.6 Å². The van der Waals surface area contributed by atoms with Crippen molar-refractivity contribution in [1.82, 2.24) is 10.6 Å². The fourth-order valence-electron chi connectivity index (χ4n) is 2.29. The summed E-state index contributed by atoms with van der Waals surface area (Å²) in [6, 6.07) is 11.3. The van der Waals surface area contributed by atoms with E-state index in [0.717, 1.165) is 34.9 Å². The largest absolute Gasteiger partial charge is 0.494 e. The molecule has 0 saturated carbocycles. The van der Waals surface area contributed by atoms with E-state index in [0.29, 0.717) is 6.61 Å². The van der Waals surface area contributed by atoms with Crippen molar-refractivity contribution in [2.75, 3.05) is 25.4 Å². The van der Waals surface area contributed by atoms with Gasteiger partial charge in [0.25, 0.3) is 5.91 Å². The molecule has 0 saturated heterocycles. The Morgan fingerprint density at radius 1 is 0.966 bits per heavy atom. The number of ether oxygens (including phenoxy) is 1. The number of halogens is 3. The summed E-state index contributed by atoms with van der Waals surface area (Å²) in [6.07, 6.45) is -4.44. The highest BCUT2D eigenvalue weighted by atomic mass is 32.2. The van der Waals surface area contributed by atoms with Gasteiger partial charge in [-0.2, -0.15) is 13.2 Å². The Bertz CT molecular complexity index is 809. The average molecular weight is 426 g/mol. The van der Waals surface area contributed by atoms with Crippen LogP contribution in [0.2, 0.25) is 0 Å². The van der Waals surface area contributed by atoms with Gasteiger partial charge >= 0.3 is 6.18 Å². The Hall–Kier alpha value is -2.68. The smallest absolute Gasteiger partial charge is 0.416 e. The number of hydrogen-bond acceptors (Lipinski definition) is 4. The van der Waals surface area contributed by atoms with Gasteiger partial charge in [0.05, 0.1) is 17.9 Å². The van der Waals surface area contributed by atoms with Crippen molar-refractivity contribution in [3.8, 4) is 5.75 Å². The Kier molecular flexibility index (Phi) is 8.38. The fourth-order valence-corrected chi connectivity index (χ4v) is 3.02. The molecular weight excluding hydrogens is 405 g/mol. The van der Waals surface area contributed by atoms with Crippen molar-refractivity contribution in [2.24, 2.45) is 0 Å². The van der Waals surface area contributed by atoms with Gasteiger partial charge in [-0.1, -0.05) is 0 Å². The summed E-state index contributed by atoms with van der Waals surface area (Å²) in [5, 5.41) is 5.22. The first-order chi connectivity index (χ1) is 13.8. The molecule has 0 aliphatic heterocycles. The number of alkyl halides is 3. The number of thioether (sulfide) groups is 1. The predicted octanol–water partition coefficient (Wildman–Crippen LogP) is 3.74. The normalized spacial score (nSPS) is 11.0. The van der Waals surface area contributed by atoms with Crippen molar-refractivity contribution in [3.05, 3.63) is 59.7 Å². The van der Waals surface area contributed by atoms with Gasteiger partial charge in [-0.15, -0.1) is 11.8 Å². The van der Waals surface area contributed by atoms with Crippen molar-refractivity contribution >= 4 is 23.6 Å². The van der Waals surface area contributed by atoms with E-state index in [4.69, 9.17) is 4.74 Å². The third kappa shape index (κ3) is 7.69. The maximum Gasteiger partial charge on any atom is 0.416 e. The van der Waals surface area contributed by atoms with Gasteiger partial charge in [0.1, 0.15) is 5.75 Å². The molecule has 2 aromatic carbocycles. The van der Waals surface area contributed by atoms with Crippen LogP contribution in [0.3, 0.4) is 0 Å². The van der Waals surface area contributed by atoms with E-state index in [-0.39, 0.29) is 30.3 Å². The molecule has 0 fully saturated rings. The zero-order chi connectivity index (χ0) is 21.3. The summed E-state index contributed by atoms with van der Waals surface area (Å²) in [5.74, 6) is 0.301. The lowest BCUT2D eigenvalue weighted by Crippen LogP contribution is -2.35. The summed E-state index contributed by atoms with van der Waals surface area (Å²) in [7, 11) is 0. The average Bonchev–Trinajstić information content (AvgIpc) is 2.70. The van der Waals surface area contributed by atoms with E-state index in [1.54, 1.807) is 0 Å². The molecule has 0 aromatic heterocycles. The summed E-state index contributed by atoms with van der Waals surface area (Å²) in [5.41, 5.74) is -0.693. The highest BCUT2D eigenvalue weighted by Crippen LogP contribution is 2.29. The number of rotatable bonds is 9. The van der Waals surface area contributed by atoms with Gasteiger partial charge in [-0.25, -0.2) is 0 Å². The van der Waals surface area contributed by atoms with Gasteiger partial charge < -0.3 is 15.4 Å². The molecule has 0 spiro atoms. The number of carbonyl (C=O) groups excluding carboxylic acids is 2. The van der Waals surface area contributed by atoms with Crippen LogP contribution in [0.5, 0.6) is 5.75 Å². The minimum Gasteiger partial charge on any atom is -0.494 e. The summed E-state index contributed by atoms with van der Waals surface area (Å²) in [4.78, 5) is 24.7. The molecule has 0 radical (unpaired) electrons. The molecular formula is C20H21F3N2O3S. The van der Waals surface area contributed by atoms with Crippen molar-refractivity contribution in [1.29, 1.82) is 0 Å². The van der Waals surface area contributed by atoms with Crippen LogP contribution in [0.4, 0.5) is 13.2 Å². The maximum absolute atomic E-state index is 12.5. The molecule has 0 aliphatic rings. The number of amides is 2. The third-order valence-corrected chi connectivity index (χ3v) is 4.72. The monoisotopic (exact) mass is 426 g/mol. The second kappa shape index (κ2) is 10.8. The van der Waals surface area contributed by atoms with Gasteiger partial charge in [-0.3, -0.25) is 9.59 Å². The SMILES string of the molecule is CCOc1ccc(SCC(=O)NCCNC(=O)c2ccc(C(F)(F)F)cc2)cc1. The van der Waals surface area contributed by atoms with Crippen LogP contribution < -0.4 is 15.4 Å². The van der Waals surface area contributed by atoms with Gasteiger partial charge in [0.15, 0.2) is 0 Å². The third-order valence-electron chi connectivity index (χ3n) is 3.71. The molecule has 2 rings (SSSR count). The number of hydrogen-bond donors (Lipinski definition) is 2. The van der Waals surface area contributed by atoms with Crippen molar-refractivity contribution in [3.63, 3.8) is 0 Å². The van der Waals surface area contributed by atoms with Gasteiger partial charge in [0, 0.05) is 23.5 Å². The minimum atomic E-state index is -4.44. The summed E-state index contributed by atoms with van der Waals surface area (Å²) < 4.78 is 42.9. The van der Waals surface area contributed by atoms with E-state index < -0.39 is 17.6 Å². The first-order valence-corrected chi connectivity index (χ1v) is 9.86. The van der Waals surface area contributed by atoms with Crippen LogP contribution in [0.15, 0.2) is 53.4 Å². The second-order valence-electron chi connectivity index (χ2n) is 5.87. The molecule has 5 nitrogen and oxygen atoms in total. The molecule has 2 aromatic rings. The highest BCUT2D eigenvalue weighted by Gasteiger charge is 2.30. The Morgan fingerprint density at radius 2 is 1.59 bits per heavy atom. The number of carbonyl (C=O) groups is 2. The second-order valence-corrected chi connectivity index (χ2v) is 6.92. The molecule has 0 atom stereocenters. The summed E-state index contributed by atoms with van der Waals surface area (Å²) >= 11 is 1.37. The molecule has 29 heavy (non-hydrogen) atoms. The Balaban J connectivity index is 1.66. The quantitative estimate of drug-likeness (QED) is 0.474. The van der Waals surface area contributed by atoms with Crippen LogP contribution >= 0.6 is 11.8 Å². The van der Waals surface area contributed by atoms with Gasteiger partial charge in [-0.05, 0) is 55.5 Å². The van der Waals surface area contributed by atoms with Crippen LogP contribution in [0.1, 0.15) is 22.8 Å². The Morgan fingerprint density at radius 3 is 2.17 bits per heavy atom. The zero-order valence-electron chi connectivity index (χ0n) is 15.7. The highest BCUT2D eigenvalue weighted by molar-refractivity contribution is 8.00. The standard InChI is InChI=1S/C20H21F3N2O3S/c1-2-28-16-7-9-17(10-8-16)29-13-18(26)24-11-12-25-19(27)14-3-5-15(6-4-14)20(21,22)23/h3-10H,2,11-13H2,1H3,(H,24,26)(H,25,27). The number of benzene rings is 2. The van der Waals surface area contributed by atoms with Crippen LogP contribution in [-0.4, -0.2) is 37.3 Å². The molecule has 2 N–H and O–H groups in total. The van der Waals surface area contributed by atoms with E-state index in [1.807, 2.05) is 31.2 Å². The zero-order valence-corrected chi connectivity index (χ0v) is 16.5. The van der Waals surface area contributed by atoms with Gasteiger partial charge in [0.2, 0.25) is 5.91 Å². The molecule has 9 heteroatoms. The van der Waals surface area contributed by atoms with E-state index >= 15 is 0 Å². The molecule has 0 heterocycles. The molecule has 2 amide bonds. The molecule has 156 valence electrons. The number of nitrogens with one attached hydrogen (secondary N) is 2. The van der Waals surface area contributed by atoms with Crippen molar-refractivity contribution in [2.45, 2.75) is 18.0 Å². The van der Waals surface area contributed by atoms with Crippen LogP contribution in [-0.2, 0) is 11.0 Å². The van der Waals surface area contributed by atoms with Crippen LogP contribution in [0, 0.1) is 0 Å². The topological polar surface area (TPSA) is 67.4 Å². The lowest BCUT2D eigenvalue weighted by Gasteiger charge is -2.09. The fraction of sp³-hybridized carbons (Fsp3) is 0.300. The Labute approximate surface area is 171 Å². The molecule has 0 aliphatic carbocycles. The molecule has 0 unspecified atom stereocenters. The lowest BCUT2D eigenvalue weighted by molar-refractivity contribution is -0.137. The maximum atomic E-state index is 12.5. The summed E-state index contributed by atoms with van der Waals surface area (Å²) in [6.45, 7) is 2.87.